The summed E-state index contributed by atoms with van der Waals surface area (Å²) in [6, 6.07) is 22.1. The van der Waals surface area contributed by atoms with Gasteiger partial charge in [0.1, 0.15) is 0 Å². The quantitative estimate of drug-likeness (QED) is 0.343. The first kappa shape index (κ1) is 21.9. The number of hydrogen-bond donors (Lipinski definition) is 2. The van der Waals surface area contributed by atoms with Gasteiger partial charge in [-0.15, -0.1) is 24.0 Å². The Balaban J connectivity index is 0.00000240. The molecule has 1 heterocycles. The van der Waals surface area contributed by atoms with E-state index in [2.05, 4.69) is 83.1 Å². The molecular weight excluding hydrogens is 471 g/mol. The van der Waals surface area contributed by atoms with Gasteiger partial charge in [0.2, 0.25) is 0 Å². The summed E-state index contributed by atoms with van der Waals surface area (Å²) in [5.74, 6) is 2.37. The van der Waals surface area contributed by atoms with Crippen LogP contribution in [-0.4, -0.2) is 38.2 Å². The Kier molecular flexibility index (Phi) is 8.21. The second kappa shape index (κ2) is 10.9. The largest absolute Gasteiger partial charge is 0.371 e. The first-order valence-corrected chi connectivity index (χ1v) is 10.7. The Labute approximate surface area is 192 Å². The van der Waals surface area contributed by atoms with E-state index in [4.69, 9.17) is 4.99 Å². The van der Waals surface area contributed by atoms with Crippen LogP contribution in [-0.2, 0) is 0 Å². The van der Waals surface area contributed by atoms with Crippen LogP contribution in [0.2, 0.25) is 0 Å². The summed E-state index contributed by atoms with van der Waals surface area (Å²) in [7, 11) is 0. The first-order valence-electron chi connectivity index (χ1n) is 10.7. The van der Waals surface area contributed by atoms with Crippen molar-refractivity contribution < 1.29 is 0 Å². The number of nitrogens with zero attached hydrogens (tertiary/aromatic N) is 2. The van der Waals surface area contributed by atoms with Crippen molar-refractivity contribution in [1.82, 2.24) is 10.6 Å². The summed E-state index contributed by atoms with van der Waals surface area (Å²) in [5.41, 5.74) is 2.80. The number of aliphatic imine (C=N–C) groups is 1. The predicted molar refractivity (Wildman–Crippen MR) is 133 cm³/mol. The third-order valence-corrected chi connectivity index (χ3v) is 5.94. The zero-order valence-corrected chi connectivity index (χ0v) is 19.6. The van der Waals surface area contributed by atoms with Gasteiger partial charge in [-0.2, -0.15) is 0 Å². The number of benzene rings is 2. The highest BCUT2D eigenvalue weighted by Gasteiger charge is 2.37. The molecule has 4 rings (SSSR count). The van der Waals surface area contributed by atoms with Crippen molar-refractivity contribution in [2.45, 2.75) is 38.1 Å². The summed E-state index contributed by atoms with van der Waals surface area (Å²) in [4.78, 5) is 7.39. The van der Waals surface area contributed by atoms with Gasteiger partial charge < -0.3 is 15.5 Å². The molecule has 2 fully saturated rings. The van der Waals surface area contributed by atoms with Crippen molar-refractivity contribution in [2.24, 2.45) is 10.9 Å². The van der Waals surface area contributed by atoms with Gasteiger partial charge in [-0.1, -0.05) is 48.5 Å². The van der Waals surface area contributed by atoms with Gasteiger partial charge >= 0.3 is 0 Å². The van der Waals surface area contributed by atoms with Gasteiger partial charge in [0.05, 0.1) is 0 Å². The molecule has 29 heavy (non-hydrogen) atoms. The lowest BCUT2D eigenvalue weighted by Gasteiger charge is -2.34. The molecule has 0 bridgehead atoms. The topological polar surface area (TPSA) is 39.7 Å². The summed E-state index contributed by atoms with van der Waals surface area (Å²) >= 11 is 0. The second-order valence-electron chi connectivity index (χ2n) is 7.97. The van der Waals surface area contributed by atoms with E-state index in [0.717, 1.165) is 45.0 Å². The third kappa shape index (κ3) is 6.11. The SMILES string of the molecule is CCNC(=NCC1CC1c1ccccc1)NC1CCN(c2ccccc2)CC1.I. The number of para-hydroxylation sites is 1. The fourth-order valence-electron chi connectivity index (χ4n) is 4.20. The fraction of sp³-hybridized carbons (Fsp3) is 0.458. The average molecular weight is 504 g/mol. The minimum atomic E-state index is 0. The van der Waals surface area contributed by atoms with E-state index in [1.54, 1.807) is 0 Å². The van der Waals surface area contributed by atoms with Crippen LogP contribution >= 0.6 is 24.0 Å². The normalized spacial score (nSPS) is 22.0. The Morgan fingerprint density at radius 1 is 1.00 bits per heavy atom. The number of halogens is 1. The van der Waals surface area contributed by atoms with Crippen LogP contribution in [0.4, 0.5) is 5.69 Å². The summed E-state index contributed by atoms with van der Waals surface area (Å²) in [5, 5.41) is 7.11. The lowest BCUT2D eigenvalue weighted by Crippen LogP contribution is -2.48. The molecule has 0 spiro atoms. The first-order chi connectivity index (χ1) is 13.8. The van der Waals surface area contributed by atoms with Crippen molar-refractivity contribution in [3.8, 4) is 0 Å². The number of guanidine groups is 1. The number of anilines is 1. The lowest BCUT2D eigenvalue weighted by molar-refractivity contribution is 0.461. The van der Waals surface area contributed by atoms with E-state index in [-0.39, 0.29) is 24.0 Å². The highest BCUT2D eigenvalue weighted by molar-refractivity contribution is 14.0. The van der Waals surface area contributed by atoms with Crippen molar-refractivity contribution in [2.75, 3.05) is 31.1 Å². The van der Waals surface area contributed by atoms with Crippen LogP contribution in [0.15, 0.2) is 65.7 Å². The molecule has 1 saturated heterocycles. The van der Waals surface area contributed by atoms with E-state index < -0.39 is 0 Å². The van der Waals surface area contributed by atoms with Gasteiger partial charge in [0.25, 0.3) is 0 Å². The summed E-state index contributed by atoms with van der Waals surface area (Å²) in [6.07, 6.45) is 3.56. The van der Waals surface area contributed by atoms with Crippen LogP contribution in [0, 0.1) is 5.92 Å². The van der Waals surface area contributed by atoms with Gasteiger partial charge in [0, 0.05) is 37.9 Å². The Morgan fingerprint density at radius 2 is 1.66 bits per heavy atom. The van der Waals surface area contributed by atoms with Gasteiger partial charge in [-0.3, -0.25) is 4.99 Å². The average Bonchev–Trinajstić information content (AvgIpc) is 3.54. The molecular formula is C24H33IN4. The molecule has 2 atom stereocenters. The van der Waals surface area contributed by atoms with E-state index in [9.17, 15) is 0 Å². The Hall–Kier alpha value is -1.76. The highest BCUT2D eigenvalue weighted by Crippen LogP contribution is 2.47. The van der Waals surface area contributed by atoms with Crippen molar-refractivity contribution in [3.05, 3.63) is 66.2 Å². The van der Waals surface area contributed by atoms with Crippen molar-refractivity contribution >= 4 is 35.6 Å². The van der Waals surface area contributed by atoms with Crippen LogP contribution in [0.1, 0.15) is 37.7 Å². The molecule has 4 nitrogen and oxygen atoms in total. The molecule has 2 aromatic carbocycles. The zero-order valence-electron chi connectivity index (χ0n) is 17.3. The molecule has 156 valence electrons. The van der Waals surface area contributed by atoms with Crippen LogP contribution in [0.25, 0.3) is 0 Å². The van der Waals surface area contributed by atoms with E-state index in [0.29, 0.717) is 17.9 Å². The van der Waals surface area contributed by atoms with Crippen LogP contribution in [0.5, 0.6) is 0 Å². The zero-order chi connectivity index (χ0) is 19.2. The maximum Gasteiger partial charge on any atom is 0.191 e. The molecule has 1 saturated carbocycles. The standard InChI is InChI=1S/C24H32N4.HI/c1-2-25-24(26-18-20-17-23(20)19-9-5-3-6-10-19)27-21-13-15-28(16-14-21)22-11-7-4-8-12-22;/h3-12,20-21,23H,2,13-18H2,1H3,(H2,25,26,27);1H. The fourth-order valence-corrected chi connectivity index (χ4v) is 4.20. The molecule has 2 N–H and O–H groups in total. The Bertz CT molecular complexity index is 757. The molecule has 1 aliphatic carbocycles. The molecule has 1 aliphatic heterocycles. The molecule has 0 radical (unpaired) electrons. The molecule has 5 heteroatoms. The number of nitrogens with one attached hydrogen (secondary N) is 2. The van der Waals surface area contributed by atoms with Crippen LogP contribution < -0.4 is 15.5 Å². The molecule has 2 aromatic rings. The predicted octanol–water partition coefficient (Wildman–Crippen LogP) is 4.63. The maximum atomic E-state index is 4.90. The second-order valence-corrected chi connectivity index (χ2v) is 7.97. The van der Waals surface area contributed by atoms with Crippen molar-refractivity contribution in [3.63, 3.8) is 0 Å². The molecule has 0 aromatic heterocycles. The minimum absolute atomic E-state index is 0. The highest BCUT2D eigenvalue weighted by atomic mass is 127. The van der Waals surface area contributed by atoms with Gasteiger partial charge in [-0.25, -0.2) is 0 Å². The Morgan fingerprint density at radius 3 is 2.31 bits per heavy atom. The minimum Gasteiger partial charge on any atom is -0.371 e. The number of rotatable bonds is 6. The third-order valence-electron chi connectivity index (χ3n) is 5.94. The number of hydrogen-bond acceptors (Lipinski definition) is 2. The van der Waals surface area contributed by atoms with E-state index in [1.807, 2.05) is 0 Å². The maximum absolute atomic E-state index is 4.90. The van der Waals surface area contributed by atoms with E-state index >= 15 is 0 Å². The van der Waals surface area contributed by atoms with E-state index in [1.165, 1.54) is 17.7 Å². The summed E-state index contributed by atoms with van der Waals surface area (Å²) in [6.45, 7) is 6.15. The van der Waals surface area contributed by atoms with Gasteiger partial charge in [0.15, 0.2) is 5.96 Å². The van der Waals surface area contributed by atoms with Gasteiger partial charge in [-0.05, 0) is 55.7 Å². The lowest BCUT2D eigenvalue weighted by atomic mass is 10.0. The molecule has 0 amide bonds. The molecule has 2 aliphatic rings. The summed E-state index contributed by atoms with van der Waals surface area (Å²) < 4.78 is 0. The van der Waals surface area contributed by atoms with Crippen LogP contribution in [0.3, 0.4) is 0 Å². The van der Waals surface area contributed by atoms with Crippen molar-refractivity contribution in [1.29, 1.82) is 0 Å². The number of piperidine rings is 1. The molecule has 2 unspecified atom stereocenters. The monoisotopic (exact) mass is 504 g/mol. The smallest absolute Gasteiger partial charge is 0.191 e.